The summed E-state index contributed by atoms with van der Waals surface area (Å²) in [5.74, 6) is -0.861. The average molecular weight is 313 g/mol. The van der Waals surface area contributed by atoms with E-state index in [-0.39, 0.29) is 15.9 Å². The number of hydrogen-bond acceptors (Lipinski definition) is 1. The molecule has 102 valence electrons. The van der Waals surface area contributed by atoms with Gasteiger partial charge < -0.3 is 4.90 Å². The van der Waals surface area contributed by atoms with E-state index in [1.54, 1.807) is 6.07 Å². The lowest BCUT2D eigenvalue weighted by Gasteiger charge is -2.20. The van der Waals surface area contributed by atoms with Gasteiger partial charge in [-0.25, -0.2) is 8.78 Å². The van der Waals surface area contributed by atoms with Gasteiger partial charge in [-0.3, -0.25) is 5.41 Å². The van der Waals surface area contributed by atoms with E-state index in [1.165, 1.54) is 17.0 Å². The smallest absolute Gasteiger partial charge is 0.133 e. The summed E-state index contributed by atoms with van der Waals surface area (Å²) in [6.45, 7) is 0.347. The number of benzene rings is 2. The molecule has 0 atom stereocenters. The van der Waals surface area contributed by atoms with Crippen LogP contribution in [-0.2, 0) is 6.54 Å². The summed E-state index contributed by atoms with van der Waals surface area (Å²) in [4.78, 5) is 1.54. The van der Waals surface area contributed by atoms with Crippen LogP contribution in [0.5, 0.6) is 0 Å². The van der Waals surface area contributed by atoms with Crippen LogP contribution < -0.4 is 4.90 Å². The highest BCUT2D eigenvalue weighted by Crippen LogP contribution is 2.39. The van der Waals surface area contributed by atoms with Crippen LogP contribution in [0.25, 0.3) is 0 Å². The maximum Gasteiger partial charge on any atom is 0.133 e. The van der Waals surface area contributed by atoms with E-state index in [0.717, 1.165) is 17.7 Å². The molecular weight excluding hydrogens is 305 g/mol. The molecule has 0 saturated carbocycles. The molecule has 6 heteroatoms. The van der Waals surface area contributed by atoms with Crippen LogP contribution in [0, 0.1) is 17.0 Å². The first-order chi connectivity index (χ1) is 9.47. The highest BCUT2D eigenvalue weighted by Gasteiger charge is 2.28. The van der Waals surface area contributed by atoms with Crippen molar-refractivity contribution in [1.29, 1.82) is 5.41 Å². The lowest BCUT2D eigenvalue weighted by molar-refractivity contribution is 0.627. The van der Waals surface area contributed by atoms with Crippen molar-refractivity contribution in [3.63, 3.8) is 0 Å². The lowest BCUT2D eigenvalue weighted by atomic mass is 10.1. The molecule has 1 aliphatic heterocycles. The van der Waals surface area contributed by atoms with Crippen LogP contribution in [0.1, 0.15) is 11.1 Å². The molecule has 1 heterocycles. The van der Waals surface area contributed by atoms with Gasteiger partial charge in [0.15, 0.2) is 0 Å². The van der Waals surface area contributed by atoms with Gasteiger partial charge >= 0.3 is 0 Å². The molecule has 2 aromatic rings. The molecule has 0 saturated heterocycles. The van der Waals surface area contributed by atoms with E-state index in [1.807, 2.05) is 0 Å². The fourth-order valence-corrected chi connectivity index (χ4v) is 2.95. The molecule has 20 heavy (non-hydrogen) atoms. The average Bonchev–Trinajstić information content (AvgIpc) is 2.66. The maximum atomic E-state index is 13.3. The summed E-state index contributed by atoms with van der Waals surface area (Å²) < 4.78 is 26.5. The second-order valence-corrected chi connectivity index (χ2v) is 5.27. The molecule has 0 aromatic heterocycles. The first kappa shape index (κ1) is 13.3. The molecule has 3 rings (SSSR count). The highest BCUT2D eigenvalue weighted by atomic mass is 35.5. The second-order valence-electron chi connectivity index (χ2n) is 4.45. The van der Waals surface area contributed by atoms with Gasteiger partial charge in [-0.05, 0) is 29.8 Å². The first-order valence-electron chi connectivity index (χ1n) is 5.77. The first-order valence-corrected chi connectivity index (χ1v) is 6.52. The Morgan fingerprint density at radius 1 is 1.00 bits per heavy atom. The molecule has 2 aromatic carbocycles. The van der Waals surface area contributed by atoms with Crippen molar-refractivity contribution in [2.45, 2.75) is 6.54 Å². The summed E-state index contributed by atoms with van der Waals surface area (Å²) in [5.41, 5.74) is 1.64. The van der Waals surface area contributed by atoms with Gasteiger partial charge in [-0.1, -0.05) is 29.3 Å². The Morgan fingerprint density at radius 2 is 1.65 bits per heavy atom. The summed E-state index contributed by atoms with van der Waals surface area (Å²) in [6, 6.07) is 6.52. The third-order valence-electron chi connectivity index (χ3n) is 3.18. The van der Waals surface area contributed by atoms with Gasteiger partial charge in [0.1, 0.15) is 17.5 Å². The summed E-state index contributed by atoms with van der Waals surface area (Å²) >= 11 is 12.0. The van der Waals surface area contributed by atoms with Gasteiger partial charge in [0.05, 0.1) is 22.3 Å². The fraction of sp³-hybridized carbons (Fsp3) is 0.0714. The quantitative estimate of drug-likeness (QED) is 0.817. The topological polar surface area (TPSA) is 27.1 Å². The zero-order chi connectivity index (χ0) is 14.4. The minimum absolute atomic E-state index is 0.0925. The molecule has 0 spiro atoms. The molecule has 0 amide bonds. The molecule has 0 bridgehead atoms. The summed E-state index contributed by atoms with van der Waals surface area (Å²) in [7, 11) is 0. The zero-order valence-electron chi connectivity index (χ0n) is 10.1. The molecular formula is C14H8Cl2F2N2. The summed E-state index contributed by atoms with van der Waals surface area (Å²) in [6.07, 6.45) is 0. The number of halogens is 4. The molecule has 2 nitrogen and oxygen atoms in total. The number of anilines is 1. The van der Waals surface area contributed by atoms with Crippen LogP contribution in [0.15, 0.2) is 30.3 Å². The largest absolute Gasteiger partial charge is 0.319 e. The van der Waals surface area contributed by atoms with Crippen LogP contribution in [0.4, 0.5) is 14.5 Å². The van der Waals surface area contributed by atoms with Gasteiger partial charge in [0.25, 0.3) is 0 Å². The van der Waals surface area contributed by atoms with Crippen LogP contribution in [0.3, 0.4) is 0 Å². The van der Waals surface area contributed by atoms with Crippen molar-refractivity contribution in [3.8, 4) is 0 Å². The van der Waals surface area contributed by atoms with Crippen LogP contribution in [0.2, 0.25) is 10.0 Å². The zero-order valence-corrected chi connectivity index (χ0v) is 11.6. The van der Waals surface area contributed by atoms with Crippen LogP contribution >= 0.6 is 23.2 Å². The van der Waals surface area contributed by atoms with Crippen LogP contribution in [-0.4, -0.2) is 5.84 Å². The molecule has 1 N–H and O–H groups in total. The summed E-state index contributed by atoms with van der Waals surface area (Å²) in [5, 5.41) is 8.35. The van der Waals surface area contributed by atoms with E-state index in [4.69, 9.17) is 28.6 Å². The predicted molar refractivity (Wildman–Crippen MR) is 75.8 cm³/mol. The van der Waals surface area contributed by atoms with E-state index in [0.29, 0.717) is 17.8 Å². The normalized spacial score (nSPS) is 13.8. The maximum absolute atomic E-state index is 13.3. The Morgan fingerprint density at radius 3 is 2.30 bits per heavy atom. The number of fused-ring (bicyclic) bond motifs is 1. The molecule has 1 aliphatic rings. The van der Waals surface area contributed by atoms with E-state index < -0.39 is 11.6 Å². The van der Waals surface area contributed by atoms with Crippen molar-refractivity contribution in [2.75, 3.05) is 4.90 Å². The number of amidine groups is 1. The SMILES string of the molecule is N=C1c2cc(F)ccc2CN1c1c(Cl)cc(F)cc1Cl. The fourth-order valence-electron chi connectivity index (χ4n) is 2.29. The number of hydrogen-bond donors (Lipinski definition) is 1. The molecule has 0 radical (unpaired) electrons. The van der Waals surface area contributed by atoms with Crippen molar-refractivity contribution in [2.24, 2.45) is 0 Å². The molecule has 0 unspecified atom stereocenters. The molecule has 0 aliphatic carbocycles. The third kappa shape index (κ3) is 2.05. The minimum atomic E-state index is -0.543. The van der Waals surface area contributed by atoms with E-state index in [9.17, 15) is 8.78 Å². The Bertz CT molecular complexity index is 708. The number of nitrogens with one attached hydrogen (secondary N) is 1. The second kappa shape index (κ2) is 4.72. The standard InChI is InChI=1S/C14H8Cl2F2N2/c15-11-4-9(18)5-12(16)13(11)20-6-7-1-2-8(17)3-10(7)14(20)19/h1-5,19H,6H2. The van der Waals surface area contributed by atoms with E-state index in [2.05, 4.69) is 0 Å². The van der Waals surface area contributed by atoms with Gasteiger partial charge in [0, 0.05) is 5.56 Å². The Labute approximate surface area is 124 Å². The van der Waals surface area contributed by atoms with Crippen molar-refractivity contribution in [3.05, 3.63) is 63.1 Å². The highest BCUT2D eigenvalue weighted by molar-refractivity contribution is 6.40. The Kier molecular flexibility index (Phi) is 3.15. The Balaban J connectivity index is 2.09. The van der Waals surface area contributed by atoms with Gasteiger partial charge in [-0.2, -0.15) is 0 Å². The number of rotatable bonds is 1. The van der Waals surface area contributed by atoms with Gasteiger partial charge in [-0.15, -0.1) is 0 Å². The van der Waals surface area contributed by atoms with E-state index >= 15 is 0 Å². The third-order valence-corrected chi connectivity index (χ3v) is 3.75. The molecule has 0 fully saturated rings. The predicted octanol–water partition coefficient (Wildman–Crippen LogP) is 4.62. The van der Waals surface area contributed by atoms with Crippen molar-refractivity contribution < 1.29 is 8.78 Å². The monoisotopic (exact) mass is 312 g/mol. The Hall–Kier alpha value is -1.65. The van der Waals surface area contributed by atoms with Crippen molar-refractivity contribution in [1.82, 2.24) is 0 Å². The minimum Gasteiger partial charge on any atom is -0.319 e. The number of nitrogens with zero attached hydrogens (tertiary/aromatic N) is 1. The van der Waals surface area contributed by atoms with Crippen molar-refractivity contribution >= 4 is 34.7 Å². The van der Waals surface area contributed by atoms with Gasteiger partial charge in [0.2, 0.25) is 0 Å². The lowest BCUT2D eigenvalue weighted by Crippen LogP contribution is -2.23.